The van der Waals surface area contributed by atoms with Crippen LogP contribution in [0.1, 0.15) is 33.4 Å². The van der Waals surface area contributed by atoms with Gasteiger partial charge in [-0.15, -0.1) is 24.8 Å². The molecule has 29 heavy (non-hydrogen) atoms. The predicted octanol–water partition coefficient (Wildman–Crippen LogP) is 3.45. The number of nitrogens with zero attached hydrogens (tertiary/aromatic N) is 1. The maximum Gasteiger partial charge on any atom is 0.255 e. The first-order valence-corrected chi connectivity index (χ1v) is 8.47. The summed E-state index contributed by atoms with van der Waals surface area (Å²) in [4.78, 5) is 28.3. The number of rotatable bonds is 6. The molecule has 5 N–H and O–H groups in total. The molecule has 2 amide bonds. The van der Waals surface area contributed by atoms with Gasteiger partial charge in [0.2, 0.25) is 5.91 Å². The predicted molar refractivity (Wildman–Crippen MR) is 118 cm³/mol. The van der Waals surface area contributed by atoms with Gasteiger partial charge in [0.25, 0.3) is 5.91 Å². The molecule has 0 aliphatic heterocycles. The first kappa shape index (κ1) is 24.1. The van der Waals surface area contributed by atoms with E-state index in [9.17, 15) is 9.59 Å². The topological polar surface area (TPSA) is 111 Å². The highest BCUT2D eigenvalue weighted by atomic mass is 35.5. The summed E-state index contributed by atoms with van der Waals surface area (Å²) in [5.74, 6) is -1.46. The summed E-state index contributed by atoms with van der Waals surface area (Å²) in [5.41, 5.74) is 14.5. The fourth-order valence-electron chi connectivity index (χ4n) is 2.90. The summed E-state index contributed by atoms with van der Waals surface area (Å²) in [5, 5.41) is 2.78. The van der Waals surface area contributed by atoms with E-state index in [1.54, 1.807) is 48.8 Å². The Hall–Kier alpha value is -2.93. The number of carbonyl (C=O) groups excluding carboxylic acids is 2. The Bertz CT molecular complexity index is 922. The van der Waals surface area contributed by atoms with Crippen LogP contribution >= 0.6 is 24.8 Å². The van der Waals surface area contributed by atoms with Gasteiger partial charge in [-0.2, -0.15) is 0 Å². The van der Waals surface area contributed by atoms with Crippen LogP contribution in [0, 0.1) is 0 Å². The molecule has 1 aromatic heterocycles. The highest BCUT2D eigenvalue weighted by molar-refractivity contribution is 6.04. The lowest BCUT2D eigenvalue weighted by molar-refractivity contribution is -0.119. The Morgan fingerprint density at radius 2 is 1.41 bits per heavy atom. The summed E-state index contributed by atoms with van der Waals surface area (Å²) in [7, 11) is 0. The minimum Gasteiger partial charge on any atom is -0.369 e. The lowest BCUT2D eigenvalue weighted by atomic mass is 9.86. The van der Waals surface area contributed by atoms with Gasteiger partial charge in [0, 0.05) is 29.7 Å². The van der Waals surface area contributed by atoms with Gasteiger partial charge >= 0.3 is 0 Å². The number of primary amides is 1. The molecule has 0 aliphatic carbocycles. The van der Waals surface area contributed by atoms with Crippen LogP contribution < -0.4 is 16.8 Å². The second kappa shape index (κ2) is 11.2. The van der Waals surface area contributed by atoms with Gasteiger partial charge < -0.3 is 16.8 Å². The quantitative estimate of drug-likeness (QED) is 0.553. The zero-order chi connectivity index (χ0) is 19.2. The number of halogens is 2. The van der Waals surface area contributed by atoms with Crippen LogP contribution in [0.5, 0.6) is 0 Å². The minimum absolute atomic E-state index is 0. The number of amides is 2. The molecule has 0 saturated carbocycles. The summed E-state index contributed by atoms with van der Waals surface area (Å²) in [6.45, 7) is 0. The Morgan fingerprint density at radius 1 is 0.828 bits per heavy atom. The first-order chi connectivity index (χ1) is 13.1. The van der Waals surface area contributed by atoms with Crippen molar-refractivity contribution in [3.05, 3.63) is 95.8 Å². The molecular weight excluding hydrogens is 411 g/mol. The lowest BCUT2D eigenvalue weighted by Crippen LogP contribution is -2.31. The standard InChI is InChI=1S/C21H20N4O2.2ClH/c22-19(15-4-2-1-3-5-15)18(20(23)26)14-6-8-16(9-7-14)21(27)25-17-10-12-24-13-11-17;;/h1-13,18-19H,22H2,(H2,23,26)(H,24,25,27);2*1H/t18-,19?;;/m1../s1. The fraction of sp³-hybridized carbons (Fsp3) is 0.0952. The molecule has 2 atom stereocenters. The highest BCUT2D eigenvalue weighted by Crippen LogP contribution is 2.29. The molecule has 152 valence electrons. The van der Waals surface area contributed by atoms with E-state index in [0.717, 1.165) is 5.56 Å². The number of nitrogens with one attached hydrogen (secondary N) is 1. The number of pyridine rings is 1. The van der Waals surface area contributed by atoms with Crippen molar-refractivity contribution in [3.63, 3.8) is 0 Å². The van der Waals surface area contributed by atoms with Crippen molar-refractivity contribution in [1.82, 2.24) is 4.98 Å². The van der Waals surface area contributed by atoms with Crippen LogP contribution in [0.25, 0.3) is 0 Å². The van der Waals surface area contributed by atoms with Crippen molar-refractivity contribution in [2.45, 2.75) is 12.0 Å². The minimum atomic E-state index is -0.690. The van der Waals surface area contributed by atoms with Crippen LogP contribution in [0.4, 0.5) is 5.69 Å². The van der Waals surface area contributed by atoms with E-state index in [-0.39, 0.29) is 30.7 Å². The van der Waals surface area contributed by atoms with Crippen LogP contribution in [-0.2, 0) is 4.79 Å². The normalized spacial score (nSPS) is 11.9. The second-order valence-corrected chi connectivity index (χ2v) is 6.13. The molecule has 0 radical (unpaired) electrons. The Labute approximate surface area is 181 Å². The van der Waals surface area contributed by atoms with Crippen LogP contribution in [0.2, 0.25) is 0 Å². The number of anilines is 1. The smallest absolute Gasteiger partial charge is 0.255 e. The SMILES string of the molecule is Cl.Cl.NC(=O)[C@H](c1ccc(C(=O)Nc2ccncc2)cc1)C(N)c1ccccc1. The molecule has 0 spiro atoms. The van der Waals surface area contributed by atoms with E-state index in [4.69, 9.17) is 11.5 Å². The molecule has 0 fully saturated rings. The van der Waals surface area contributed by atoms with E-state index in [2.05, 4.69) is 10.3 Å². The Kier molecular flexibility index (Phi) is 9.28. The number of benzene rings is 2. The molecule has 6 nitrogen and oxygen atoms in total. The number of hydrogen-bond acceptors (Lipinski definition) is 4. The van der Waals surface area contributed by atoms with Crippen molar-refractivity contribution in [1.29, 1.82) is 0 Å². The fourth-order valence-corrected chi connectivity index (χ4v) is 2.90. The average Bonchev–Trinajstić information content (AvgIpc) is 2.70. The van der Waals surface area contributed by atoms with Gasteiger partial charge in [-0.05, 0) is 35.4 Å². The molecule has 1 heterocycles. The average molecular weight is 433 g/mol. The molecule has 0 aliphatic rings. The molecule has 3 aromatic rings. The maximum atomic E-state index is 12.3. The summed E-state index contributed by atoms with van der Waals surface area (Å²) in [6.07, 6.45) is 3.20. The molecule has 1 unspecified atom stereocenters. The number of aromatic nitrogens is 1. The van der Waals surface area contributed by atoms with Crippen molar-refractivity contribution in [2.24, 2.45) is 11.5 Å². The van der Waals surface area contributed by atoms with Crippen LogP contribution in [0.3, 0.4) is 0 Å². The van der Waals surface area contributed by atoms with Gasteiger partial charge in [-0.25, -0.2) is 0 Å². The third kappa shape index (κ3) is 6.02. The number of hydrogen-bond donors (Lipinski definition) is 3. The summed E-state index contributed by atoms with van der Waals surface area (Å²) >= 11 is 0. The van der Waals surface area contributed by atoms with Crippen molar-refractivity contribution >= 4 is 42.3 Å². The molecule has 3 rings (SSSR count). The number of carbonyl (C=O) groups is 2. The van der Waals surface area contributed by atoms with Gasteiger partial charge in [-0.3, -0.25) is 14.6 Å². The van der Waals surface area contributed by atoms with Crippen LogP contribution in [-0.4, -0.2) is 16.8 Å². The molecule has 0 bridgehead atoms. The Balaban J connectivity index is 0.00000210. The summed E-state index contributed by atoms with van der Waals surface area (Å²) < 4.78 is 0. The largest absolute Gasteiger partial charge is 0.369 e. The second-order valence-electron chi connectivity index (χ2n) is 6.13. The maximum absolute atomic E-state index is 12.3. The highest BCUT2D eigenvalue weighted by Gasteiger charge is 2.26. The van der Waals surface area contributed by atoms with E-state index in [1.165, 1.54) is 0 Å². The molecular formula is C21H22Cl2N4O2. The van der Waals surface area contributed by atoms with E-state index >= 15 is 0 Å². The monoisotopic (exact) mass is 432 g/mol. The van der Waals surface area contributed by atoms with Crippen LogP contribution in [0.15, 0.2) is 79.1 Å². The van der Waals surface area contributed by atoms with E-state index < -0.39 is 17.9 Å². The van der Waals surface area contributed by atoms with Gasteiger partial charge in [0.05, 0.1) is 5.92 Å². The zero-order valence-corrected chi connectivity index (χ0v) is 17.0. The van der Waals surface area contributed by atoms with Gasteiger partial charge in [-0.1, -0.05) is 42.5 Å². The third-order valence-corrected chi connectivity index (χ3v) is 4.32. The van der Waals surface area contributed by atoms with Crippen molar-refractivity contribution < 1.29 is 9.59 Å². The lowest BCUT2D eigenvalue weighted by Gasteiger charge is -2.22. The van der Waals surface area contributed by atoms with Gasteiger partial charge in [0.15, 0.2) is 0 Å². The number of nitrogens with two attached hydrogens (primary N) is 2. The van der Waals surface area contributed by atoms with E-state index in [1.807, 2.05) is 30.3 Å². The first-order valence-electron chi connectivity index (χ1n) is 8.47. The van der Waals surface area contributed by atoms with E-state index in [0.29, 0.717) is 16.8 Å². The molecule has 8 heteroatoms. The Morgan fingerprint density at radius 3 is 1.97 bits per heavy atom. The van der Waals surface area contributed by atoms with Crippen molar-refractivity contribution in [3.8, 4) is 0 Å². The van der Waals surface area contributed by atoms with Gasteiger partial charge in [0.1, 0.15) is 0 Å². The summed E-state index contributed by atoms with van der Waals surface area (Å²) in [6, 6.07) is 18.9. The third-order valence-electron chi connectivity index (χ3n) is 4.32. The van der Waals surface area contributed by atoms with Crippen molar-refractivity contribution in [2.75, 3.05) is 5.32 Å². The zero-order valence-electron chi connectivity index (χ0n) is 15.4. The molecule has 2 aromatic carbocycles. The molecule has 0 saturated heterocycles.